The van der Waals surface area contributed by atoms with Crippen LogP contribution in [0.3, 0.4) is 0 Å². The SMILES string of the molecule is CCOC(=O)c1nc2ccccc2nc1N1CCCN(C(=O)c2ccc(N(C)C)cc2)CC1. The van der Waals surface area contributed by atoms with Gasteiger partial charge in [0.15, 0.2) is 11.5 Å². The van der Waals surface area contributed by atoms with Crippen LogP contribution in [0.4, 0.5) is 11.5 Å². The maximum atomic E-state index is 13.1. The highest BCUT2D eigenvalue weighted by Crippen LogP contribution is 2.23. The van der Waals surface area contributed by atoms with Gasteiger partial charge in [-0.25, -0.2) is 14.8 Å². The predicted octanol–water partition coefficient (Wildman–Crippen LogP) is 3.23. The van der Waals surface area contributed by atoms with Crippen LogP contribution < -0.4 is 9.80 Å². The molecule has 1 aromatic heterocycles. The van der Waals surface area contributed by atoms with Crippen molar-refractivity contribution < 1.29 is 14.3 Å². The fourth-order valence-electron chi connectivity index (χ4n) is 3.96. The van der Waals surface area contributed by atoms with E-state index in [1.165, 1.54) is 0 Å². The Hall–Kier alpha value is -3.68. The third-order valence-electron chi connectivity index (χ3n) is 5.73. The number of para-hydroxylation sites is 2. The number of anilines is 2. The molecule has 8 nitrogen and oxygen atoms in total. The van der Waals surface area contributed by atoms with Crippen LogP contribution in [0.15, 0.2) is 48.5 Å². The second-order valence-electron chi connectivity index (χ2n) is 8.18. The average Bonchev–Trinajstić information content (AvgIpc) is 3.09. The average molecular weight is 448 g/mol. The molecule has 4 rings (SSSR count). The number of aromatic nitrogens is 2. The zero-order valence-electron chi connectivity index (χ0n) is 19.3. The molecule has 2 heterocycles. The minimum atomic E-state index is -0.482. The predicted molar refractivity (Wildman–Crippen MR) is 129 cm³/mol. The number of hydrogen-bond acceptors (Lipinski definition) is 7. The molecule has 1 saturated heterocycles. The van der Waals surface area contributed by atoms with Gasteiger partial charge in [-0.05, 0) is 49.7 Å². The van der Waals surface area contributed by atoms with Gasteiger partial charge < -0.3 is 19.4 Å². The van der Waals surface area contributed by atoms with Gasteiger partial charge in [-0.1, -0.05) is 12.1 Å². The number of esters is 1. The van der Waals surface area contributed by atoms with Gasteiger partial charge in [0.2, 0.25) is 0 Å². The van der Waals surface area contributed by atoms with Crippen LogP contribution in [0.2, 0.25) is 0 Å². The molecule has 0 aliphatic carbocycles. The van der Waals surface area contributed by atoms with E-state index in [2.05, 4.69) is 4.98 Å². The Bertz CT molecular complexity index is 1150. The summed E-state index contributed by atoms with van der Waals surface area (Å²) in [6.45, 7) is 4.43. The van der Waals surface area contributed by atoms with E-state index in [0.717, 1.165) is 17.6 Å². The molecule has 1 fully saturated rings. The van der Waals surface area contributed by atoms with Crippen LogP contribution in [0, 0.1) is 0 Å². The number of benzene rings is 2. The van der Waals surface area contributed by atoms with Gasteiger partial charge in [-0.2, -0.15) is 0 Å². The summed E-state index contributed by atoms with van der Waals surface area (Å²) in [4.78, 5) is 41.0. The molecule has 1 amide bonds. The van der Waals surface area contributed by atoms with E-state index < -0.39 is 5.97 Å². The van der Waals surface area contributed by atoms with Gasteiger partial charge in [-0.15, -0.1) is 0 Å². The van der Waals surface area contributed by atoms with Crippen LogP contribution in [0.25, 0.3) is 11.0 Å². The molecule has 8 heteroatoms. The fraction of sp³-hybridized carbons (Fsp3) is 0.360. The van der Waals surface area contributed by atoms with Crippen LogP contribution >= 0.6 is 0 Å². The van der Waals surface area contributed by atoms with Crippen LogP contribution in [0.5, 0.6) is 0 Å². The van der Waals surface area contributed by atoms with Crippen molar-refractivity contribution in [1.82, 2.24) is 14.9 Å². The van der Waals surface area contributed by atoms with Crippen LogP contribution in [0.1, 0.15) is 34.2 Å². The molecule has 0 N–H and O–H groups in total. The highest BCUT2D eigenvalue weighted by Gasteiger charge is 2.26. The molecular formula is C25H29N5O3. The standard InChI is InChI=1S/C25H29N5O3/c1-4-33-25(32)22-23(27-21-9-6-5-8-20(21)26-22)29-14-7-15-30(17-16-29)24(31)18-10-12-19(13-11-18)28(2)3/h5-6,8-13H,4,7,14-17H2,1-3H3. The van der Waals surface area contributed by atoms with E-state index in [1.54, 1.807) is 6.92 Å². The molecule has 2 aromatic carbocycles. The summed E-state index contributed by atoms with van der Waals surface area (Å²) < 4.78 is 5.25. The van der Waals surface area contributed by atoms with Crippen molar-refractivity contribution in [2.24, 2.45) is 0 Å². The van der Waals surface area contributed by atoms with Gasteiger partial charge >= 0.3 is 5.97 Å². The van der Waals surface area contributed by atoms with Gasteiger partial charge in [0, 0.05) is 51.5 Å². The van der Waals surface area contributed by atoms with Crippen molar-refractivity contribution in [3.63, 3.8) is 0 Å². The highest BCUT2D eigenvalue weighted by molar-refractivity contribution is 5.96. The molecule has 0 saturated carbocycles. The summed E-state index contributed by atoms with van der Waals surface area (Å²) >= 11 is 0. The van der Waals surface area contributed by atoms with Crippen molar-refractivity contribution in [2.45, 2.75) is 13.3 Å². The first-order chi connectivity index (χ1) is 16.0. The van der Waals surface area contributed by atoms with Crippen LogP contribution in [-0.4, -0.2) is 73.6 Å². The molecule has 0 spiro atoms. The third-order valence-corrected chi connectivity index (χ3v) is 5.73. The summed E-state index contributed by atoms with van der Waals surface area (Å²) in [5, 5.41) is 0. The Kier molecular flexibility index (Phi) is 6.72. The van der Waals surface area contributed by atoms with Crippen molar-refractivity contribution in [1.29, 1.82) is 0 Å². The number of carbonyl (C=O) groups excluding carboxylic acids is 2. The molecule has 33 heavy (non-hydrogen) atoms. The maximum Gasteiger partial charge on any atom is 0.360 e. The van der Waals surface area contributed by atoms with E-state index in [9.17, 15) is 9.59 Å². The topological polar surface area (TPSA) is 78.9 Å². The zero-order chi connectivity index (χ0) is 23.4. The van der Waals surface area contributed by atoms with Crippen molar-refractivity contribution in [2.75, 3.05) is 56.7 Å². The monoisotopic (exact) mass is 447 g/mol. The highest BCUT2D eigenvalue weighted by atomic mass is 16.5. The zero-order valence-corrected chi connectivity index (χ0v) is 19.3. The van der Waals surface area contributed by atoms with E-state index >= 15 is 0 Å². The lowest BCUT2D eigenvalue weighted by atomic mass is 10.1. The molecule has 0 radical (unpaired) electrons. The van der Waals surface area contributed by atoms with Gasteiger partial charge in [0.25, 0.3) is 5.91 Å². The molecule has 172 valence electrons. The van der Waals surface area contributed by atoms with E-state index in [0.29, 0.717) is 43.1 Å². The number of ether oxygens (including phenoxy) is 1. The third kappa shape index (κ3) is 4.89. The Morgan fingerprint density at radius 2 is 1.64 bits per heavy atom. The van der Waals surface area contributed by atoms with E-state index in [4.69, 9.17) is 9.72 Å². The summed E-state index contributed by atoms with van der Waals surface area (Å²) in [7, 11) is 3.95. The summed E-state index contributed by atoms with van der Waals surface area (Å²) in [6.07, 6.45) is 0.762. The Morgan fingerprint density at radius 1 is 0.939 bits per heavy atom. The van der Waals surface area contributed by atoms with Crippen LogP contribution in [-0.2, 0) is 4.74 Å². The molecular weight excluding hydrogens is 418 g/mol. The minimum absolute atomic E-state index is 0.0115. The number of nitrogens with zero attached hydrogens (tertiary/aromatic N) is 5. The first-order valence-electron chi connectivity index (χ1n) is 11.2. The van der Waals surface area contributed by atoms with Gasteiger partial charge in [0.1, 0.15) is 0 Å². The second-order valence-corrected chi connectivity index (χ2v) is 8.18. The largest absolute Gasteiger partial charge is 0.461 e. The summed E-state index contributed by atoms with van der Waals surface area (Å²) in [5.41, 5.74) is 3.31. The van der Waals surface area contributed by atoms with Crippen molar-refractivity contribution in [3.05, 3.63) is 59.8 Å². The maximum absolute atomic E-state index is 13.1. The minimum Gasteiger partial charge on any atom is -0.461 e. The van der Waals surface area contributed by atoms with Crippen molar-refractivity contribution >= 4 is 34.4 Å². The lowest BCUT2D eigenvalue weighted by molar-refractivity contribution is 0.0520. The number of amides is 1. The molecule has 3 aromatic rings. The first kappa shape index (κ1) is 22.5. The summed E-state index contributed by atoms with van der Waals surface area (Å²) in [5.74, 6) is 0.0399. The van der Waals surface area contributed by atoms with Gasteiger partial charge in [0.05, 0.1) is 17.6 Å². The number of carbonyl (C=O) groups is 2. The van der Waals surface area contributed by atoms with Gasteiger partial charge in [-0.3, -0.25) is 4.79 Å². The fourth-order valence-corrected chi connectivity index (χ4v) is 3.96. The number of hydrogen-bond donors (Lipinski definition) is 0. The number of rotatable bonds is 5. The summed E-state index contributed by atoms with van der Waals surface area (Å²) in [6, 6.07) is 15.1. The smallest absolute Gasteiger partial charge is 0.360 e. The first-order valence-corrected chi connectivity index (χ1v) is 11.2. The molecule has 1 aliphatic rings. The quantitative estimate of drug-likeness (QED) is 0.556. The molecule has 0 unspecified atom stereocenters. The Balaban J connectivity index is 1.56. The Morgan fingerprint density at radius 3 is 2.30 bits per heavy atom. The van der Waals surface area contributed by atoms with E-state index in [-0.39, 0.29) is 18.2 Å². The van der Waals surface area contributed by atoms with E-state index in [1.807, 2.05) is 77.3 Å². The second kappa shape index (κ2) is 9.85. The lowest BCUT2D eigenvalue weighted by Crippen LogP contribution is -2.36. The molecule has 1 aliphatic heterocycles. The molecule has 0 bridgehead atoms. The normalized spacial score (nSPS) is 14.2. The lowest BCUT2D eigenvalue weighted by Gasteiger charge is -2.24. The van der Waals surface area contributed by atoms with Crippen molar-refractivity contribution in [3.8, 4) is 0 Å². The molecule has 0 atom stereocenters. The number of fused-ring (bicyclic) bond motifs is 1. The Labute approximate surface area is 193 Å².